The summed E-state index contributed by atoms with van der Waals surface area (Å²) in [5.74, 6) is -0.747. The first-order chi connectivity index (χ1) is 4.13. The zero-order chi connectivity index (χ0) is 7.28. The Bertz CT molecular complexity index is 95.7. The first kappa shape index (κ1) is 12.4. The van der Waals surface area contributed by atoms with Gasteiger partial charge in [0.25, 0.3) is 0 Å². The molecule has 0 aliphatic heterocycles. The Hall–Kier alpha value is -0.280. The molecule has 0 saturated carbocycles. The summed E-state index contributed by atoms with van der Waals surface area (Å²) >= 11 is 0. The van der Waals surface area contributed by atoms with E-state index in [-0.39, 0.29) is 18.8 Å². The van der Waals surface area contributed by atoms with Crippen LogP contribution in [0.4, 0.5) is 0 Å². The fraction of sp³-hybridized carbons (Fsp3) is 0.833. The molecule has 0 radical (unpaired) electrons. The van der Waals surface area contributed by atoms with Crippen molar-refractivity contribution in [3.8, 4) is 0 Å². The molecular weight excluding hydrogens is 154 g/mol. The van der Waals surface area contributed by atoms with Crippen molar-refractivity contribution in [2.75, 3.05) is 6.54 Å². The fourth-order valence-corrected chi connectivity index (χ4v) is 0.468. The minimum atomic E-state index is -0.747. The Morgan fingerprint density at radius 1 is 1.60 bits per heavy atom. The van der Waals surface area contributed by atoms with Crippen molar-refractivity contribution in [1.82, 2.24) is 5.32 Å². The van der Waals surface area contributed by atoms with Crippen molar-refractivity contribution in [2.24, 2.45) is 0 Å². The zero-order valence-corrected chi connectivity index (χ0v) is 7.07. The van der Waals surface area contributed by atoms with Crippen molar-refractivity contribution < 1.29 is 9.90 Å². The Morgan fingerprint density at radius 3 is 2.40 bits per heavy atom. The Morgan fingerprint density at radius 2 is 2.10 bits per heavy atom. The SMILES string of the molecule is CC(C)NCCC(=O)O.Cl. The van der Waals surface area contributed by atoms with Gasteiger partial charge in [-0.1, -0.05) is 13.8 Å². The van der Waals surface area contributed by atoms with Gasteiger partial charge in [-0.25, -0.2) is 0 Å². The van der Waals surface area contributed by atoms with Crippen molar-refractivity contribution in [3.63, 3.8) is 0 Å². The van der Waals surface area contributed by atoms with Gasteiger partial charge >= 0.3 is 5.97 Å². The van der Waals surface area contributed by atoms with E-state index in [9.17, 15) is 4.79 Å². The Kier molecular flexibility index (Phi) is 8.48. The first-order valence-corrected chi connectivity index (χ1v) is 3.08. The second kappa shape index (κ2) is 6.83. The third kappa shape index (κ3) is 10.7. The molecule has 0 rings (SSSR count). The van der Waals surface area contributed by atoms with E-state index in [0.29, 0.717) is 12.6 Å². The zero-order valence-electron chi connectivity index (χ0n) is 6.26. The Labute approximate surface area is 67.2 Å². The van der Waals surface area contributed by atoms with Gasteiger partial charge < -0.3 is 10.4 Å². The number of carboxylic acids is 1. The smallest absolute Gasteiger partial charge is 0.304 e. The molecule has 3 nitrogen and oxygen atoms in total. The summed E-state index contributed by atoms with van der Waals surface area (Å²) in [6.45, 7) is 4.54. The maximum Gasteiger partial charge on any atom is 0.304 e. The highest BCUT2D eigenvalue weighted by Crippen LogP contribution is 1.79. The second-order valence-corrected chi connectivity index (χ2v) is 2.25. The maximum atomic E-state index is 9.94. The number of carbonyl (C=O) groups is 1. The fourth-order valence-electron chi connectivity index (χ4n) is 0.468. The van der Waals surface area contributed by atoms with Crippen molar-refractivity contribution in [2.45, 2.75) is 26.3 Å². The van der Waals surface area contributed by atoms with Gasteiger partial charge in [0, 0.05) is 12.6 Å². The molecule has 0 amide bonds. The summed E-state index contributed by atoms with van der Waals surface area (Å²) < 4.78 is 0. The van der Waals surface area contributed by atoms with E-state index in [1.54, 1.807) is 0 Å². The van der Waals surface area contributed by atoms with E-state index in [4.69, 9.17) is 5.11 Å². The standard InChI is InChI=1S/C6H13NO2.ClH/c1-5(2)7-4-3-6(8)9;/h5,7H,3-4H2,1-2H3,(H,8,9);1H. The summed E-state index contributed by atoms with van der Waals surface area (Å²) in [5.41, 5.74) is 0. The van der Waals surface area contributed by atoms with Gasteiger partial charge in [-0.05, 0) is 0 Å². The van der Waals surface area contributed by atoms with Crippen LogP contribution in [0.25, 0.3) is 0 Å². The summed E-state index contributed by atoms with van der Waals surface area (Å²) in [4.78, 5) is 9.94. The lowest BCUT2D eigenvalue weighted by atomic mass is 10.3. The lowest BCUT2D eigenvalue weighted by Gasteiger charge is -2.04. The third-order valence-electron chi connectivity index (χ3n) is 0.891. The number of carboxylic acid groups (broad SMARTS) is 1. The van der Waals surface area contributed by atoms with Crippen LogP contribution in [0, 0.1) is 0 Å². The molecule has 0 spiro atoms. The largest absolute Gasteiger partial charge is 0.481 e. The van der Waals surface area contributed by atoms with E-state index >= 15 is 0 Å². The number of aliphatic carboxylic acids is 1. The van der Waals surface area contributed by atoms with Crippen LogP contribution < -0.4 is 5.32 Å². The molecule has 0 saturated heterocycles. The normalized spacial score (nSPS) is 9.10. The molecule has 0 heterocycles. The lowest BCUT2D eigenvalue weighted by Crippen LogP contribution is -2.25. The van der Waals surface area contributed by atoms with Crippen LogP contribution >= 0.6 is 12.4 Å². The van der Waals surface area contributed by atoms with Gasteiger partial charge in [0.05, 0.1) is 6.42 Å². The summed E-state index contributed by atoms with van der Waals surface area (Å²) in [6, 6.07) is 0.379. The highest BCUT2D eigenvalue weighted by atomic mass is 35.5. The predicted octanol–water partition coefficient (Wildman–Crippen LogP) is 0.881. The van der Waals surface area contributed by atoms with E-state index in [1.165, 1.54) is 0 Å². The molecule has 0 atom stereocenters. The molecule has 0 aromatic carbocycles. The molecule has 4 heteroatoms. The number of hydrogen-bond acceptors (Lipinski definition) is 2. The van der Waals surface area contributed by atoms with Gasteiger partial charge in [0.1, 0.15) is 0 Å². The minimum Gasteiger partial charge on any atom is -0.481 e. The number of hydrogen-bond donors (Lipinski definition) is 2. The van der Waals surface area contributed by atoms with Crippen LogP contribution in [0.15, 0.2) is 0 Å². The number of rotatable bonds is 4. The lowest BCUT2D eigenvalue weighted by molar-refractivity contribution is -0.136. The molecule has 0 aliphatic carbocycles. The molecule has 0 aliphatic rings. The highest BCUT2D eigenvalue weighted by Gasteiger charge is 1.95. The van der Waals surface area contributed by atoms with Crippen LogP contribution in [0.5, 0.6) is 0 Å². The van der Waals surface area contributed by atoms with Gasteiger partial charge in [0.15, 0.2) is 0 Å². The molecular formula is C6H14ClNO2. The van der Waals surface area contributed by atoms with E-state index in [2.05, 4.69) is 5.32 Å². The van der Waals surface area contributed by atoms with Crippen LogP contribution in [-0.4, -0.2) is 23.7 Å². The minimum absolute atomic E-state index is 0. The monoisotopic (exact) mass is 167 g/mol. The van der Waals surface area contributed by atoms with E-state index < -0.39 is 5.97 Å². The van der Waals surface area contributed by atoms with Crippen LogP contribution in [0.3, 0.4) is 0 Å². The van der Waals surface area contributed by atoms with Crippen LogP contribution in [0.2, 0.25) is 0 Å². The average Bonchev–Trinajstić information content (AvgIpc) is 1.63. The van der Waals surface area contributed by atoms with Gasteiger partial charge in [-0.3, -0.25) is 4.79 Å². The van der Waals surface area contributed by atoms with E-state index in [1.807, 2.05) is 13.8 Å². The van der Waals surface area contributed by atoms with Crippen LogP contribution in [0.1, 0.15) is 20.3 Å². The molecule has 0 aromatic heterocycles. The third-order valence-corrected chi connectivity index (χ3v) is 0.891. The van der Waals surface area contributed by atoms with E-state index in [0.717, 1.165) is 0 Å². The van der Waals surface area contributed by atoms with Crippen LogP contribution in [-0.2, 0) is 4.79 Å². The topological polar surface area (TPSA) is 49.3 Å². The molecule has 10 heavy (non-hydrogen) atoms. The second-order valence-electron chi connectivity index (χ2n) is 2.25. The summed E-state index contributed by atoms with van der Waals surface area (Å²) in [5, 5.41) is 11.2. The van der Waals surface area contributed by atoms with Gasteiger partial charge in [0.2, 0.25) is 0 Å². The molecule has 0 aromatic rings. The van der Waals surface area contributed by atoms with Crippen molar-refractivity contribution >= 4 is 18.4 Å². The highest BCUT2D eigenvalue weighted by molar-refractivity contribution is 5.85. The summed E-state index contributed by atoms with van der Waals surface area (Å²) in [7, 11) is 0. The quantitative estimate of drug-likeness (QED) is 0.654. The van der Waals surface area contributed by atoms with Crippen molar-refractivity contribution in [3.05, 3.63) is 0 Å². The predicted molar refractivity (Wildman–Crippen MR) is 42.6 cm³/mol. The van der Waals surface area contributed by atoms with Crippen molar-refractivity contribution in [1.29, 1.82) is 0 Å². The Balaban J connectivity index is 0. The van der Waals surface area contributed by atoms with Gasteiger partial charge in [-0.2, -0.15) is 0 Å². The number of nitrogens with one attached hydrogen (secondary N) is 1. The maximum absolute atomic E-state index is 9.94. The average molecular weight is 168 g/mol. The number of halogens is 1. The molecule has 2 N–H and O–H groups in total. The molecule has 0 fully saturated rings. The molecule has 0 bridgehead atoms. The first-order valence-electron chi connectivity index (χ1n) is 3.08. The molecule has 62 valence electrons. The van der Waals surface area contributed by atoms with Gasteiger partial charge in [-0.15, -0.1) is 12.4 Å². The summed E-state index contributed by atoms with van der Waals surface area (Å²) in [6.07, 6.45) is 0.207. The molecule has 0 unspecified atom stereocenters.